The number of unbranched alkanes of at least 4 members (excludes halogenated alkanes) is 2. The van der Waals surface area contributed by atoms with Crippen molar-refractivity contribution in [2.75, 3.05) is 21.3 Å². The molecule has 0 aliphatic heterocycles. The molecule has 0 unspecified atom stereocenters. The van der Waals surface area contributed by atoms with E-state index in [9.17, 15) is 43.9 Å². The van der Waals surface area contributed by atoms with Gasteiger partial charge in [-0.15, -0.1) is 0 Å². The number of hydrogen-bond donors (Lipinski definition) is 0. The van der Waals surface area contributed by atoms with Crippen molar-refractivity contribution >= 4 is 8.80 Å². The molecule has 0 rings (SSSR count). The lowest BCUT2D eigenvalue weighted by Crippen LogP contribution is -2.75. The van der Waals surface area contributed by atoms with Crippen LogP contribution in [0.25, 0.3) is 0 Å². The highest BCUT2D eigenvalue weighted by Crippen LogP contribution is 2.59. The fraction of sp³-hybridized carbons (Fsp3) is 1.00. The van der Waals surface area contributed by atoms with Gasteiger partial charge in [0.25, 0.3) is 0 Å². The number of halogens is 10. The summed E-state index contributed by atoms with van der Waals surface area (Å²) < 4.78 is 150. The van der Waals surface area contributed by atoms with Gasteiger partial charge >= 0.3 is 38.0 Å². The quantitative estimate of drug-likeness (QED) is 0.237. The van der Waals surface area contributed by atoms with Gasteiger partial charge in [-0.05, 0) is 6.42 Å². The molecule has 0 heterocycles. The molecule has 0 aromatic heterocycles. The summed E-state index contributed by atoms with van der Waals surface area (Å²) in [7, 11) is -5.00. The van der Waals surface area contributed by atoms with Crippen molar-refractivity contribution in [1.82, 2.24) is 0 Å². The first-order chi connectivity index (χ1) is 12.0. The van der Waals surface area contributed by atoms with E-state index in [-0.39, 0.29) is 12.8 Å². The standard InChI is InChI=1S/C13H20F10O3Si/c1-5-6-7-8-9(14,15)10(16,17)11(18,19)12(20,21)13(22,23)27(24-2,25-3)26-4/h5-8H2,1-4H3. The summed E-state index contributed by atoms with van der Waals surface area (Å²) >= 11 is 0. The van der Waals surface area contributed by atoms with E-state index in [1.807, 2.05) is 0 Å². The van der Waals surface area contributed by atoms with Gasteiger partial charge in [0, 0.05) is 27.8 Å². The fourth-order valence-electron chi connectivity index (χ4n) is 2.20. The van der Waals surface area contributed by atoms with Crippen LogP contribution in [0.3, 0.4) is 0 Å². The molecule has 27 heavy (non-hydrogen) atoms. The van der Waals surface area contributed by atoms with Gasteiger partial charge in [0.15, 0.2) is 0 Å². The highest BCUT2D eigenvalue weighted by atomic mass is 28.4. The molecule has 0 N–H and O–H groups in total. The summed E-state index contributed by atoms with van der Waals surface area (Å²) in [4.78, 5) is 0. The van der Waals surface area contributed by atoms with Gasteiger partial charge in [0.2, 0.25) is 0 Å². The van der Waals surface area contributed by atoms with Crippen molar-refractivity contribution in [3.8, 4) is 0 Å². The molecule has 14 heteroatoms. The van der Waals surface area contributed by atoms with E-state index in [0.29, 0.717) is 21.3 Å². The second-order valence-corrected chi connectivity index (χ2v) is 8.59. The van der Waals surface area contributed by atoms with E-state index in [1.54, 1.807) is 0 Å². The molecule has 0 radical (unpaired) electrons. The van der Waals surface area contributed by atoms with Gasteiger partial charge in [-0.1, -0.05) is 19.8 Å². The zero-order valence-electron chi connectivity index (χ0n) is 14.8. The molecule has 0 aliphatic rings. The fourth-order valence-corrected chi connectivity index (χ4v) is 4.02. The average Bonchev–Trinajstić information content (AvgIpc) is 2.56. The molecular weight excluding hydrogens is 422 g/mol. The Labute approximate surface area is 150 Å². The van der Waals surface area contributed by atoms with E-state index >= 15 is 0 Å². The van der Waals surface area contributed by atoms with Gasteiger partial charge in [0.05, 0.1) is 0 Å². The highest BCUT2D eigenvalue weighted by Gasteiger charge is 2.91. The molecule has 0 fully saturated rings. The molecule has 0 amide bonds. The molecule has 0 bridgehead atoms. The van der Waals surface area contributed by atoms with E-state index in [0.717, 1.165) is 0 Å². The Morgan fingerprint density at radius 2 is 1.04 bits per heavy atom. The van der Waals surface area contributed by atoms with Crippen molar-refractivity contribution < 1.29 is 57.2 Å². The summed E-state index contributed by atoms with van der Waals surface area (Å²) in [5.41, 5.74) is -6.16. The Morgan fingerprint density at radius 1 is 0.630 bits per heavy atom. The molecule has 0 atom stereocenters. The van der Waals surface area contributed by atoms with E-state index in [4.69, 9.17) is 0 Å². The average molecular weight is 442 g/mol. The Morgan fingerprint density at radius 3 is 1.37 bits per heavy atom. The first kappa shape index (κ1) is 26.4. The summed E-state index contributed by atoms with van der Waals surface area (Å²) in [5, 5.41) is 0. The van der Waals surface area contributed by atoms with E-state index < -0.39 is 50.9 Å². The zero-order valence-corrected chi connectivity index (χ0v) is 15.8. The maximum absolute atomic E-state index is 14.1. The third-order valence-electron chi connectivity index (χ3n) is 3.93. The van der Waals surface area contributed by atoms with Crippen molar-refractivity contribution in [3.05, 3.63) is 0 Å². The molecule has 0 aromatic rings. The van der Waals surface area contributed by atoms with Crippen molar-refractivity contribution in [1.29, 1.82) is 0 Å². The lowest BCUT2D eigenvalue weighted by atomic mass is 9.95. The molecule has 0 aliphatic carbocycles. The maximum atomic E-state index is 14.1. The second-order valence-electron chi connectivity index (χ2n) is 5.63. The van der Waals surface area contributed by atoms with Crippen LogP contribution in [0, 0.1) is 0 Å². The Bertz CT molecular complexity index is 475. The van der Waals surface area contributed by atoms with Crippen LogP contribution >= 0.6 is 0 Å². The lowest BCUT2D eigenvalue weighted by Gasteiger charge is -2.42. The van der Waals surface area contributed by atoms with Gasteiger partial charge < -0.3 is 13.3 Å². The minimum atomic E-state index is -7.16. The van der Waals surface area contributed by atoms with Crippen LogP contribution in [0.15, 0.2) is 0 Å². The summed E-state index contributed by atoms with van der Waals surface area (Å²) in [6.45, 7) is 1.48. The van der Waals surface area contributed by atoms with Crippen LogP contribution in [0.5, 0.6) is 0 Å². The molecule has 0 saturated carbocycles. The molecule has 0 spiro atoms. The third kappa shape index (κ3) is 3.94. The SMILES string of the molecule is CCCCCC(F)(F)C(F)(F)C(F)(F)C(F)(F)C(F)(F)[Si](OC)(OC)OC. The molecule has 0 saturated heterocycles. The summed E-state index contributed by atoms with van der Waals surface area (Å²) in [6, 6.07) is 0. The highest BCUT2D eigenvalue weighted by molar-refractivity contribution is 6.63. The van der Waals surface area contributed by atoms with E-state index in [1.165, 1.54) is 6.92 Å². The molecule has 3 nitrogen and oxygen atoms in total. The Balaban J connectivity index is 6.21. The van der Waals surface area contributed by atoms with E-state index in [2.05, 4.69) is 13.3 Å². The van der Waals surface area contributed by atoms with Crippen LogP contribution < -0.4 is 0 Å². The van der Waals surface area contributed by atoms with Crippen molar-refractivity contribution in [3.63, 3.8) is 0 Å². The molecule has 0 aromatic carbocycles. The topological polar surface area (TPSA) is 27.7 Å². The third-order valence-corrected chi connectivity index (χ3v) is 6.62. The Kier molecular flexibility index (Phi) is 8.22. The van der Waals surface area contributed by atoms with Gasteiger partial charge in [-0.25, -0.2) is 0 Å². The monoisotopic (exact) mass is 442 g/mol. The minimum Gasteiger partial charge on any atom is -0.373 e. The maximum Gasteiger partial charge on any atom is 0.581 e. The van der Waals surface area contributed by atoms with Crippen molar-refractivity contribution in [2.24, 2.45) is 0 Å². The smallest absolute Gasteiger partial charge is 0.373 e. The van der Waals surface area contributed by atoms with Crippen LogP contribution in [0.1, 0.15) is 32.6 Å². The predicted molar refractivity (Wildman–Crippen MR) is 75.7 cm³/mol. The van der Waals surface area contributed by atoms with Gasteiger partial charge in [-0.3, -0.25) is 0 Å². The number of rotatable bonds is 12. The Hall–Kier alpha value is -0.603. The second kappa shape index (κ2) is 8.41. The molecular formula is C13H20F10O3Si. The number of alkyl halides is 10. The van der Waals surface area contributed by atoms with Gasteiger partial charge in [0.1, 0.15) is 0 Å². The number of hydrogen-bond acceptors (Lipinski definition) is 3. The largest absolute Gasteiger partial charge is 0.581 e. The summed E-state index contributed by atoms with van der Waals surface area (Å²) in [5.74, 6) is -26.6. The van der Waals surface area contributed by atoms with Crippen LogP contribution in [-0.4, -0.2) is 59.4 Å². The van der Waals surface area contributed by atoms with Gasteiger partial charge in [-0.2, -0.15) is 43.9 Å². The normalized spacial score (nSPS) is 15.3. The zero-order chi connectivity index (χ0) is 21.9. The summed E-state index contributed by atoms with van der Waals surface area (Å²) in [6.07, 6.45) is -2.46. The first-order valence-corrected chi connectivity index (χ1v) is 9.26. The van der Waals surface area contributed by atoms with Crippen molar-refractivity contribution in [2.45, 2.75) is 61.8 Å². The van der Waals surface area contributed by atoms with Crippen LogP contribution in [0.4, 0.5) is 43.9 Å². The molecule has 164 valence electrons. The lowest BCUT2D eigenvalue weighted by molar-refractivity contribution is -0.396. The minimum absolute atomic E-state index is 0.0865. The predicted octanol–water partition coefficient (Wildman–Crippen LogP) is 5.16. The van der Waals surface area contributed by atoms with Crippen LogP contribution in [0.2, 0.25) is 0 Å². The van der Waals surface area contributed by atoms with Crippen LogP contribution in [-0.2, 0) is 13.3 Å². The first-order valence-electron chi connectivity index (χ1n) is 7.54.